The van der Waals surface area contributed by atoms with Crippen molar-refractivity contribution in [3.63, 3.8) is 0 Å². The first-order chi connectivity index (χ1) is 8.83. The van der Waals surface area contributed by atoms with Crippen molar-refractivity contribution < 1.29 is 0 Å². The minimum absolute atomic E-state index is 1.21. The van der Waals surface area contributed by atoms with Crippen LogP contribution >= 0.6 is 22.7 Å². The smallest absolute Gasteiger partial charge is 0.0445 e. The third kappa shape index (κ3) is 3.69. The molecule has 0 aliphatic heterocycles. The van der Waals surface area contributed by atoms with Crippen molar-refractivity contribution in [1.29, 1.82) is 0 Å². The Bertz CT molecular complexity index is 465. The molecule has 0 nitrogen and oxygen atoms in total. The molecule has 0 fully saturated rings. The number of thiophene rings is 2. The highest BCUT2D eigenvalue weighted by Gasteiger charge is 2.05. The molecule has 0 N–H and O–H groups in total. The van der Waals surface area contributed by atoms with E-state index < -0.39 is 0 Å². The number of rotatable bonds is 7. The Morgan fingerprint density at radius 2 is 1.39 bits per heavy atom. The molecular weight excluding hydrogens is 256 g/mol. The zero-order valence-corrected chi connectivity index (χ0v) is 13.0. The molecule has 98 valence electrons. The van der Waals surface area contributed by atoms with Gasteiger partial charge in [-0.05, 0) is 53.3 Å². The molecule has 2 heterocycles. The predicted octanol–water partition coefficient (Wildman–Crippen LogP) is 6.16. The highest BCUT2D eigenvalue weighted by atomic mass is 32.1. The van der Waals surface area contributed by atoms with Crippen LogP contribution in [0.4, 0.5) is 0 Å². The van der Waals surface area contributed by atoms with Crippen LogP contribution < -0.4 is 0 Å². The molecule has 0 radical (unpaired) electrons. The van der Waals surface area contributed by atoms with Crippen LogP contribution in [0.3, 0.4) is 0 Å². The fourth-order valence-electron chi connectivity index (χ4n) is 2.14. The van der Waals surface area contributed by atoms with Crippen molar-refractivity contribution >= 4 is 22.7 Å². The summed E-state index contributed by atoms with van der Waals surface area (Å²) in [6.45, 7) is 4.51. The summed E-state index contributed by atoms with van der Waals surface area (Å²) in [5, 5.41) is 4.65. The lowest BCUT2D eigenvalue weighted by Gasteiger charge is -1.95. The Morgan fingerprint density at radius 3 is 1.94 bits per heavy atom. The Morgan fingerprint density at radius 1 is 0.778 bits per heavy atom. The number of hydrogen-bond acceptors (Lipinski definition) is 2. The van der Waals surface area contributed by atoms with Gasteiger partial charge in [0.2, 0.25) is 0 Å². The Balaban J connectivity index is 1.99. The number of unbranched alkanes of at least 4 members (excludes halogenated alkanes) is 2. The number of hydrogen-bond donors (Lipinski definition) is 0. The standard InChI is InChI=1S/C16H22S2/c1-3-5-6-8-14-10-16(18-12-14)15-9-13(7-4-2)11-17-15/h9-12H,3-8H2,1-2H3. The van der Waals surface area contributed by atoms with E-state index in [-0.39, 0.29) is 0 Å². The monoisotopic (exact) mass is 278 g/mol. The molecule has 0 amide bonds. The van der Waals surface area contributed by atoms with Crippen LogP contribution in [0.15, 0.2) is 22.9 Å². The summed E-state index contributed by atoms with van der Waals surface area (Å²) in [6.07, 6.45) is 7.69. The van der Waals surface area contributed by atoms with Crippen molar-refractivity contribution in [3.8, 4) is 9.75 Å². The van der Waals surface area contributed by atoms with Gasteiger partial charge in [-0.1, -0.05) is 33.1 Å². The highest BCUT2D eigenvalue weighted by molar-refractivity contribution is 7.20. The van der Waals surface area contributed by atoms with Gasteiger partial charge in [-0.15, -0.1) is 22.7 Å². The summed E-state index contributed by atoms with van der Waals surface area (Å²) in [5.41, 5.74) is 3.02. The molecule has 2 aromatic heterocycles. The predicted molar refractivity (Wildman–Crippen MR) is 84.9 cm³/mol. The molecule has 0 spiro atoms. The second kappa shape index (κ2) is 7.10. The fourth-order valence-corrected chi connectivity index (χ4v) is 4.15. The van der Waals surface area contributed by atoms with Crippen molar-refractivity contribution in [1.82, 2.24) is 0 Å². The van der Waals surface area contributed by atoms with Crippen LogP contribution in [0.5, 0.6) is 0 Å². The van der Waals surface area contributed by atoms with E-state index in [0.717, 1.165) is 0 Å². The zero-order valence-electron chi connectivity index (χ0n) is 11.4. The minimum atomic E-state index is 1.21. The summed E-state index contributed by atoms with van der Waals surface area (Å²) >= 11 is 3.80. The van der Waals surface area contributed by atoms with Crippen molar-refractivity contribution in [2.75, 3.05) is 0 Å². The van der Waals surface area contributed by atoms with Crippen LogP contribution in [0.25, 0.3) is 9.75 Å². The van der Waals surface area contributed by atoms with Crippen molar-refractivity contribution in [2.45, 2.75) is 52.4 Å². The molecule has 0 saturated heterocycles. The molecule has 2 heteroatoms. The lowest BCUT2D eigenvalue weighted by atomic mass is 10.1. The maximum Gasteiger partial charge on any atom is 0.0445 e. The maximum absolute atomic E-state index is 2.39. The summed E-state index contributed by atoms with van der Waals surface area (Å²) in [6, 6.07) is 4.76. The second-order valence-corrected chi connectivity index (χ2v) is 6.67. The van der Waals surface area contributed by atoms with Gasteiger partial charge < -0.3 is 0 Å². The Kier molecular flexibility index (Phi) is 5.45. The summed E-state index contributed by atoms with van der Waals surface area (Å²) in [7, 11) is 0. The summed E-state index contributed by atoms with van der Waals surface area (Å²) in [4.78, 5) is 2.90. The first-order valence-electron chi connectivity index (χ1n) is 6.98. The lowest BCUT2D eigenvalue weighted by molar-refractivity contribution is 0.718. The summed E-state index contributed by atoms with van der Waals surface area (Å²) < 4.78 is 0. The van der Waals surface area contributed by atoms with E-state index >= 15 is 0 Å². The van der Waals surface area contributed by atoms with Crippen LogP contribution in [0, 0.1) is 0 Å². The lowest BCUT2D eigenvalue weighted by Crippen LogP contribution is -1.80. The Labute approximate surface area is 119 Å². The molecule has 0 unspecified atom stereocenters. The van der Waals surface area contributed by atoms with Gasteiger partial charge in [0.15, 0.2) is 0 Å². The molecule has 2 aromatic rings. The van der Waals surface area contributed by atoms with E-state index in [2.05, 4.69) is 36.7 Å². The molecule has 0 aliphatic rings. The summed E-state index contributed by atoms with van der Waals surface area (Å²) in [5.74, 6) is 0. The highest BCUT2D eigenvalue weighted by Crippen LogP contribution is 2.33. The van der Waals surface area contributed by atoms with Crippen LogP contribution in [-0.2, 0) is 12.8 Å². The minimum Gasteiger partial charge on any atom is -0.143 e. The van der Waals surface area contributed by atoms with E-state index in [9.17, 15) is 0 Å². The van der Waals surface area contributed by atoms with Crippen LogP contribution in [0.1, 0.15) is 50.7 Å². The van der Waals surface area contributed by atoms with E-state index in [4.69, 9.17) is 0 Å². The third-order valence-corrected chi connectivity index (χ3v) is 5.31. The van der Waals surface area contributed by atoms with Gasteiger partial charge in [-0.2, -0.15) is 0 Å². The van der Waals surface area contributed by atoms with Crippen LogP contribution in [-0.4, -0.2) is 0 Å². The third-order valence-electron chi connectivity index (χ3n) is 3.16. The molecule has 0 atom stereocenters. The SMILES string of the molecule is CCCCCc1csc(-c2cc(CCC)cs2)c1. The van der Waals surface area contributed by atoms with Gasteiger partial charge in [0, 0.05) is 9.75 Å². The average molecular weight is 278 g/mol. The normalized spacial score (nSPS) is 11.0. The van der Waals surface area contributed by atoms with E-state index in [0.29, 0.717) is 0 Å². The molecule has 2 rings (SSSR count). The molecular formula is C16H22S2. The van der Waals surface area contributed by atoms with Crippen molar-refractivity contribution in [3.05, 3.63) is 34.0 Å². The first kappa shape index (κ1) is 13.8. The Hall–Kier alpha value is -0.600. The van der Waals surface area contributed by atoms with Gasteiger partial charge in [0.1, 0.15) is 0 Å². The maximum atomic E-state index is 2.39. The first-order valence-corrected chi connectivity index (χ1v) is 8.74. The van der Waals surface area contributed by atoms with Gasteiger partial charge >= 0.3 is 0 Å². The topological polar surface area (TPSA) is 0 Å². The van der Waals surface area contributed by atoms with Gasteiger partial charge in [-0.3, -0.25) is 0 Å². The largest absolute Gasteiger partial charge is 0.143 e. The zero-order chi connectivity index (χ0) is 12.8. The average Bonchev–Trinajstić information content (AvgIpc) is 2.98. The number of aryl methyl sites for hydroxylation is 2. The van der Waals surface area contributed by atoms with E-state index in [1.54, 1.807) is 0 Å². The second-order valence-electron chi connectivity index (χ2n) is 4.85. The van der Waals surface area contributed by atoms with Crippen LogP contribution in [0.2, 0.25) is 0 Å². The molecule has 0 bridgehead atoms. The van der Waals surface area contributed by atoms with E-state index in [1.165, 1.54) is 59.4 Å². The molecule has 0 saturated carbocycles. The fraction of sp³-hybridized carbons (Fsp3) is 0.500. The van der Waals surface area contributed by atoms with Crippen molar-refractivity contribution in [2.24, 2.45) is 0 Å². The molecule has 0 aliphatic carbocycles. The van der Waals surface area contributed by atoms with E-state index in [1.807, 2.05) is 22.7 Å². The van der Waals surface area contributed by atoms with Gasteiger partial charge in [0.05, 0.1) is 0 Å². The van der Waals surface area contributed by atoms with Gasteiger partial charge in [0.25, 0.3) is 0 Å². The molecule has 0 aromatic carbocycles. The quantitative estimate of drug-likeness (QED) is 0.532. The molecule has 18 heavy (non-hydrogen) atoms. The van der Waals surface area contributed by atoms with Gasteiger partial charge in [-0.25, -0.2) is 0 Å².